The van der Waals surface area contributed by atoms with E-state index in [1.165, 1.54) is 0 Å². The van der Waals surface area contributed by atoms with Gasteiger partial charge in [0.1, 0.15) is 6.61 Å². The lowest BCUT2D eigenvalue weighted by atomic mass is 9.96. The number of hydrogen-bond donors (Lipinski definition) is 2. The molecule has 0 bridgehead atoms. The maximum atomic E-state index is 11.1. The SMILES string of the molecule is O=C(CO)C(CO)c1ccccc1. The number of ketones is 1. The van der Waals surface area contributed by atoms with Gasteiger partial charge in [-0.1, -0.05) is 30.3 Å². The summed E-state index contributed by atoms with van der Waals surface area (Å²) in [6.45, 7) is -0.788. The van der Waals surface area contributed by atoms with Crippen molar-refractivity contribution in [2.24, 2.45) is 0 Å². The predicted molar refractivity (Wildman–Crippen MR) is 48.4 cm³/mol. The Bertz CT molecular complexity index is 269. The summed E-state index contributed by atoms with van der Waals surface area (Å²) in [6.07, 6.45) is 0. The molecule has 1 rings (SSSR count). The minimum atomic E-state index is -0.591. The third-order valence-corrected chi connectivity index (χ3v) is 1.93. The van der Waals surface area contributed by atoms with Crippen molar-refractivity contribution in [2.75, 3.05) is 13.2 Å². The van der Waals surface area contributed by atoms with E-state index in [1.807, 2.05) is 6.07 Å². The van der Waals surface area contributed by atoms with Crippen molar-refractivity contribution in [1.29, 1.82) is 0 Å². The van der Waals surface area contributed by atoms with Crippen molar-refractivity contribution < 1.29 is 15.0 Å². The number of benzene rings is 1. The zero-order valence-corrected chi connectivity index (χ0v) is 7.18. The summed E-state index contributed by atoms with van der Waals surface area (Å²) in [6, 6.07) is 8.94. The molecule has 0 spiro atoms. The van der Waals surface area contributed by atoms with Gasteiger partial charge < -0.3 is 10.2 Å². The van der Waals surface area contributed by atoms with E-state index in [-0.39, 0.29) is 12.4 Å². The van der Waals surface area contributed by atoms with Crippen LogP contribution in [0.25, 0.3) is 0 Å². The zero-order valence-electron chi connectivity index (χ0n) is 7.18. The van der Waals surface area contributed by atoms with Crippen molar-refractivity contribution in [3.63, 3.8) is 0 Å². The molecule has 0 radical (unpaired) electrons. The quantitative estimate of drug-likeness (QED) is 0.701. The van der Waals surface area contributed by atoms with E-state index in [0.29, 0.717) is 0 Å². The van der Waals surface area contributed by atoms with Gasteiger partial charge in [0.15, 0.2) is 5.78 Å². The van der Waals surface area contributed by atoms with E-state index in [1.54, 1.807) is 24.3 Å². The van der Waals surface area contributed by atoms with Gasteiger partial charge in [-0.05, 0) is 5.56 Å². The summed E-state index contributed by atoms with van der Waals surface area (Å²) in [5.41, 5.74) is 0.740. The van der Waals surface area contributed by atoms with Crippen LogP contribution in [0.3, 0.4) is 0 Å². The van der Waals surface area contributed by atoms with Gasteiger partial charge in [0.05, 0.1) is 12.5 Å². The monoisotopic (exact) mass is 180 g/mol. The molecule has 0 aliphatic heterocycles. The molecule has 0 aromatic heterocycles. The van der Waals surface area contributed by atoms with E-state index in [9.17, 15) is 4.79 Å². The summed E-state index contributed by atoms with van der Waals surface area (Å²) in [4.78, 5) is 11.1. The Morgan fingerprint density at radius 1 is 1.23 bits per heavy atom. The molecule has 1 aromatic rings. The predicted octanol–water partition coefficient (Wildman–Crippen LogP) is 0.324. The molecule has 0 amide bonds. The molecule has 0 heterocycles. The lowest BCUT2D eigenvalue weighted by Gasteiger charge is -2.11. The first-order valence-corrected chi connectivity index (χ1v) is 4.09. The molecule has 0 fully saturated rings. The third kappa shape index (κ3) is 2.37. The van der Waals surface area contributed by atoms with E-state index in [0.717, 1.165) is 5.56 Å². The number of Topliss-reactive ketones (excluding diaryl/α,β-unsaturated/α-hetero) is 1. The van der Waals surface area contributed by atoms with Crippen molar-refractivity contribution in [3.05, 3.63) is 35.9 Å². The lowest BCUT2D eigenvalue weighted by molar-refractivity contribution is -0.124. The number of aliphatic hydroxyl groups is 2. The molecule has 13 heavy (non-hydrogen) atoms. The first-order valence-electron chi connectivity index (χ1n) is 4.09. The van der Waals surface area contributed by atoms with Gasteiger partial charge in [0.25, 0.3) is 0 Å². The number of hydrogen-bond acceptors (Lipinski definition) is 3. The van der Waals surface area contributed by atoms with Crippen LogP contribution in [0.1, 0.15) is 11.5 Å². The molecule has 0 aliphatic carbocycles. The van der Waals surface area contributed by atoms with Crippen molar-refractivity contribution in [1.82, 2.24) is 0 Å². The largest absolute Gasteiger partial charge is 0.395 e. The second kappa shape index (κ2) is 4.74. The number of carbonyl (C=O) groups is 1. The van der Waals surface area contributed by atoms with Crippen LogP contribution in [0.4, 0.5) is 0 Å². The minimum absolute atomic E-state index is 0.261. The van der Waals surface area contributed by atoms with Gasteiger partial charge in [0, 0.05) is 0 Å². The van der Waals surface area contributed by atoms with Crippen molar-refractivity contribution in [2.45, 2.75) is 5.92 Å². The molecule has 3 nitrogen and oxygen atoms in total. The Balaban J connectivity index is 2.85. The smallest absolute Gasteiger partial charge is 0.167 e. The second-order valence-corrected chi connectivity index (χ2v) is 2.77. The molecule has 2 N–H and O–H groups in total. The molecule has 3 heteroatoms. The van der Waals surface area contributed by atoms with Crippen LogP contribution in [0.15, 0.2) is 30.3 Å². The maximum Gasteiger partial charge on any atom is 0.167 e. The van der Waals surface area contributed by atoms with Gasteiger partial charge in [0.2, 0.25) is 0 Å². The van der Waals surface area contributed by atoms with E-state index >= 15 is 0 Å². The molecule has 0 saturated carbocycles. The summed E-state index contributed by atoms with van der Waals surface area (Å²) in [7, 11) is 0. The van der Waals surface area contributed by atoms with Crippen LogP contribution in [0, 0.1) is 0 Å². The fraction of sp³-hybridized carbons (Fsp3) is 0.300. The number of rotatable bonds is 4. The summed E-state index contributed by atoms with van der Waals surface area (Å²) in [5.74, 6) is -0.945. The zero-order chi connectivity index (χ0) is 9.68. The second-order valence-electron chi connectivity index (χ2n) is 2.77. The van der Waals surface area contributed by atoms with Gasteiger partial charge in [-0.15, -0.1) is 0 Å². The van der Waals surface area contributed by atoms with Gasteiger partial charge in [-0.25, -0.2) is 0 Å². The van der Waals surface area contributed by atoms with Crippen LogP contribution in [-0.4, -0.2) is 29.2 Å². The summed E-state index contributed by atoms with van der Waals surface area (Å²) < 4.78 is 0. The fourth-order valence-corrected chi connectivity index (χ4v) is 1.19. The Morgan fingerprint density at radius 3 is 2.31 bits per heavy atom. The maximum absolute atomic E-state index is 11.1. The number of aliphatic hydroxyl groups excluding tert-OH is 2. The summed E-state index contributed by atoms with van der Waals surface area (Å²) in [5, 5.41) is 17.6. The normalized spacial score (nSPS) is 12.5. The Hall–Kier alpha value is -1.19. The van der Waals surface area contributed by atoms with Crippen molar-refractivity contribution >= 4 is 5.78 Å². The highest BCUT2D eigenvalue weighted by Crippen LogP contribution is 2.15. The van der Waals surface area contributed by atoms with Crippen LogP contribution in [0.5, 0.6) is 0 Å². The molecule has 0 aliphatic rings. The molecule has 1 unspecified atom stereocenters. The molecule has 70 valence electrons. The number of carbonyl (C=O) groups excluding carboxylic acids is 1. The first-order chi connectivity index (χ1) is 6.29. The highest BCUT2D eigenvalue weighted by Gasteiger charge is 2.17. The Kier molecular flexibility index (Phi) is 3.61. The third-order valence-electron chi connectivity index (χ3n) is 1.93. The Labute approximate surface area is 76.6 Å². The van der Waals surface area contributed by atoms with E-state index < -0.39 is 12.5 Å². The molecule has 1 atom stereocenters. The van der Waals surface area contributed by atoms with Crippen LogP contribution in [-0.2, 0) is 4.79 Å². The average molecular weight is 180 g/mol. The molecular formula is C10H12O3. The van der Waals surface area contributed by atoms with Crippen LogP contribution in [0.2, 0.25) is 0 Å². The van der Waals surface area contributed by atoms with Gasteiger partial charge >= 0.3 is 0 Å². The highest BCUT2D eigenvalue weighted by atomic mass is 16.3. The molecule has 0 saturated heterocycles. The highest BCUT2D eigenvalue weighted by molar-refractivity contribution is 5.86. The van der Waals surface area contributed by atoms with Crippen molar-refractivity contribution in [3.8, 4) is 0 Å². The van der Waals surface area contributed by atoms with Crippen LogP contribution < -0.4 is 0 Å². The van der Waals surface area contributed by atoms with E-state index in [4.69, 9.17) is 10.2 Å². The van der Waals surface area contributed by atoms with Crippen LogP contribution >= 0.6 is 0 Å². The first kappa shape index (κ1) is 9.89. The fourth-order valence-electron chi connectivity index (χ4n) is 1.19. The molecule has 1 aromatic carbocycles. The standard InChI is InChI=1S/C10H12O3/c11-6-9(10(13)7-12)8-4-2-1-3-5-8/h1-5,9,11-12H,6-7H2. The Morgan fingerprint density at radius 2 is 1.85 bits per heavy atom. The molecular weight excluding hydrogens is 168 g/mol. The summed E-state index contributed by atoms with van der Waals surface area (Å²) >= 11 is 0. The van der Waals surface area contributed by atoms with E-state index in [2.05, 4.69) is 0 Å². The average Bonchev–Trinajstić information content (AvgIpc) is 2.20. The lowest BCUT2D eigenvalue weighted by Crippen LogP contribution is -2.19. The minimum Gasteiger partial charge on any atom is -0.395 e. The topological polar surface area (TPSA) is 57.5 Å². The van der Waals surface area contributed by atoms with Gasteiger partial charge in [-0.3, -0.25) is 4.79 Å². The van der Waals surface area contributed by atoms with Gasteiger partial charge in [-0.2, -0.15) is 0 Å².